The third-order valence-corrected chi connectivity index (χ3v) is 5.91. The topological polar surface area (TPSA) is 117 Å². The molecular formula is C14H14N6O3S. The molecule has 0 radical (unpaired) electrons. The maximum absolute atomic E-state index is 12.6. The Morgan fingerprint density at radius 1 is 1.12 bits per heavy atom. The van der Waals surface area contributed by atoms with Crippen molar-refractivity contribution in [1.82, 2.24) is 29.5 Å². The van der Waals surface area contributed by atoms with Gasteiger partial charge in [-0.15, -0.1) is 5.10 Å². The first-order valence-corrected chi connectivity index (χ1v) is 8.72. The molecule has 0 atom stereocenters. The molecular weight excluding hydrogens is 332 g/mol. The maximum Gasteiger partial charge on any atom is 0.264 e. The van der Waals surface area contributed by atoms with E-state index >= 15 is 0 Å². The summed E-state index contributed by atoms with van der Waals surface area (Å²) in [5, 5.41) is 12.8. The standard InChI is InChI=1S/C14H14N6O3S/c21-14-7-13(16-17-14)10-8-19(9-10)24(22,23)12-3-1-11(2-4-12)20-6-5-15-18-20/h1-7,10H,8-9H2,(H2,16,17,21). The minimum atomic E-state index is -3.54. The largest absolute Gasteiger partial charge is 0.302 e. The van der Waals surface area contributed by atoms with Gasteiger partial charge in [-0.1, -0.05) is 5.21 Å². The van der Waals surface area contributed by atoms with Gasteiger partial charge in [0.1, 0.15) is 0 Å². The van der Waals surface area contributed by atoms with Crippen molar-refractivity contribution in [3.63, 3.8) is 0 Å². The van der Waals surface area contributed by atoms with Gasteiger partial charge in [0, 0.05) is 30.8 Å². The normalized spacial score (nSPS) is 16.2. The molecule has 1 saturated heterocycles. The van der Waals surface area contributed by atoms with Crippen molar-refractivity contribution in [2.75, 3.05) is 13.1 Å². The summed E-state index contributed by atoms with van der Waals surface area (Å²) in [4.78, 5) is 11.4. The first-order chi connectivity index (χ1) is 11.5. The van der Waals surface area contributed by atoms with E-state index in [1.165, 1.54) is 10.4 Å². The van der Waals surface area contributed by atoms with Crippen LogP contribution in [0.2, 0.25) is 0 Å². The fraction of sp³-hybridized carbons (Fsp3) is 0.214. The number of H-pyrrole nitrogens is 2. The zero-order valence-electron chi connectivity index (χ0n) is 12.5. The van der Waals surface area contributed by atoms with Gasteiger partial charge in [0.2, 0.25) is 10.0 Å². The van der Waals surface area contributed by atoms with Crippen molar-refractivity contribution in [2.45, 2.75) is 10.8 Å². The third kappa shape index (κ3) is 2.45. The Hall–Kier alpha value is -2.72. The van der Waals surface area contributed by atoms with Gasteiger partial charge in [0.15, 0.2) is 0 Å². The van der Waals surface area contributed by atoms with Crippen LogP contribution in [-0.4, -0.2) is 51.0 Å². The summed E-state index contributed by atoms with van der Waals surface area (Å²) >= 11 is 0. The molecule has 3 heterocycles. The molecule has 0 bridgehead atoms. The average molecular weight is 346 g/mol. The van der Waals surface area contributed by atoms with Crippen LogP contribution in [0.3, 0.4) is 0 Å². The summed E-state index contributed by atoms with van der Waals surface area (Å²) in [6, 6.07) is 7.93. The molecule has 124 valence electrons. The number of nitrogens with one attached hydrogen (secondary N) is 2. The van der Waals surface area contributed by atoms with E-state index in [2.05, 4.69) is 20.5 Å². The molecule has 4 rings (SSSR count). The second-order valence-electron chi connectivity index (χ2n) is 5.57. The number of hydrogen-bond donors (Lipinski definition) is 2. The van der Waals surface area contributed by atoms with Crippen molar-refractivity contribution in [1.29, 1.82) is 0 Å². The van der Waals surface area contributed by atoms with Crippen molar-refractivity contribution < 1.29 is 8.42 Å². The second-order valence-corrected chi connectivity index (χ2v) is 7.51. The van der Waals surface area contributed by atoms with E-state index < -0.39 is 10.0 Å². The van der Waals surface area contributed by atoms with E-state index in [1.807, 2.05) is 0 Å². The summed E-state index contributed by atoms with van der Waals surface area (Å²) in [6.07, 6.45) is 3.23. The first-order valence-electron chi connectivity index (χ1n) is 7.28. The number of benzene rings is 1. The molecule has 3 aromatic rings. The molecule has 1 aliphatic rings. The molecule has 10 heteroatoms. The van der Waals surface area contributed by atoms with Crippen molar-refractivity contribution in [2.24, 2.45) is 0 Å². The Labute approximate surface area is 137 Å². The van der Waals surface area contributed by atoms with Crippen molar-refractivity contribution in [3.8, 4) is 5.69 Å². The lowest BCUT2D eigenvalue weighted by atomic mass is 10.00. The average Bonchev–Trinajstić information content (AvgIpc) is 3.18. The first kappa shape index (κ1) is 14.8. The molecule has 24 heavy (non-hydrogen) atoms. The zero-order valence-corrected chi connectivity index (χ0v) is 13.3. The van der Waals surface area contributed by atoms with Gasteiger partial charge in [-0.05, 0) is 24.3 Å². The van der Waals surface area contributed by atoms with Crippen molar-refractivity contribution in [3.05, 3.63) is 58.8 Å². The minimum absolute atomic E-state index is 0.00754. The quantitative estimate of drug-likeness (QED) is 0.693. The van der Waals surface area contributed by atoms with Crippen LogP contribution >= 0.6 is 0 Å². The SMILES string of the molecule is O=c1cc(C2CN(S(=O)(=O)c3ccc(-n4ccnn4)cc3)C2)[nH][nH]1. The number of aromatic nitrogens is 5. The smallest absolute Gasteiger partial charge is 0.264 e. The number of aromatic amines is 2. The minimum Gasteiger partial charge on any atom is -0.302 e. The molecule has 0 spiro atoms. The number of rotatable bonds is 4. The van der Waals surface area contributed by atoms with Crippen LogP contribution in [0.25, 0.3) is 5.69 Å². The van der Waals surface area contributed by atoms with Crippen LogP contribution in [0.1, 0.15) is 11.6 Å². The van der Waals surface area contributed by atoms with Crippen LogP contribution in [0.4, 0.5) is 0 Å². The van der Waals surface area contributed by atoms with E-state index in [0.29, 0.717) is 13.1 Å². The highest BCUT2D eigenvalue weighted by Crippen LogP contribution is 2.30. The summed E-state index contributed by atoms with van der Waals surface area (Å²) in [7, 11) is -3.54. The van der Waals surface area contributed by atoms with E-state index in [1.54, 1.807) is 41.3 Å². The molecule has 2 N–H and O–H groups in total. The molecule has 1 fully saturated rings. The number of sulfonamides is 1. The van der Waals surface area contributed by atoms with Crippen LogP contribution in [0.15, 0.2) is 52.4 Å². The Bertz CT molecular complexity index is 997. The summed E-state index contributed by atoms with van der Waals surface area (Å²) < 4.78 is 28.2. The Balaban J connectivity index is 1.50. The summed E-state index contributed by atoms with van der Waals surface area (Å²) in [5.41, 5.74) is 1.25. The molecule has 1 aromatic carbocycles. The Morgan fingerprint density at radius 3 is 2.46 bits per heavy atom. The molecule has 2 aromatic heterocycles. The van der Waals surface area contributed by atoms with Gasteiger partial charge in [-0.2, -0.15) is 4.31 Å². The van der Waals surface area contributed by atoms with Gasteiger partial charge in [-0.3, -0.25) is 9.89 Å². The van der Waals surface area contributed by atoms with E-state index in [4.69, 9.17) is 0 Å². The number of nitrogens with zero attached hydrogens (tertiary/aromatic N) is 4. The zero-order chi connectivity index (χ0) is 16.7. The van der Waals surface area contributed by atoms with E-state index in [-0.39, 0.29) is 16.4 Å². The fourth-order valence-corrected chi connectivity index (χ4v) is 4.19. The predicted octanol–water partition coefficient (Wildman–Crippen LogP) is 0.0718. The lowest BCUT2D eigenvalue weighted by Crippen LogP contribution is -2.48. The van der Waals surface area contributed by atoms with Gasteiger partial charge in [0.25, 0.3) is 5.56 Å². The predicted molar refractivity (Wildman–Crippen MR) is 84.3 cm³/mol. The molecule has 0 unspecified atom stereocenters. The molecule has 0 aliphatic carbocycles. The van der Waals surface area contributed by atoms with Gasteiger partial charge >= 0.3 is 0 Å². The number of hydrogen-bond acceptors (Lipinski definition) is 5. The highest BCUT2D eigenvalue weighted by Gasteiger charge is 2.38. The van der Waals surface area contributed by atoms with Crippen LogP contribution < -0.4 is 5.56 Å². The fourth-order valence-electron chi connectivity index (χ4n) is 2.66. The van der Waals surface area contributed by atoms with Gasteiger partial charge in [-0.25, -0.2) is 13.1 Å². The van der Waals surface area contributed by atoms with Crippen LogP contribution in [0, 0.1) is 0 Å². The highest BCUT2D eigenvalue weighted by molar-refractivity contribution is 7.89. The van der Waals surface area contributed by atoms with E-state index in [0.717, 1.165) is 11.4 Å². The lowest BCUT2D eigenvalue weighted by molar-refractivity contribution is 0.260. The van der Waals surface area contributed by atoms with Gasteiger partial charge in [0.05, 0.1) is 23.0 Å². The van der Waals surface area contributed by atoms with Crippen LogP contribution in [0.5, 0.6) is 0 Å². The lowest BCUT2D eigenvalue weighted by Gasteiger charge is -2.37. The summed E-state index contributed by atoms with van der Waals surface area (Å²) in [6.45, 7) is 0.696. The highest BCUT2D eigenvalue weighted by atomic mass is 32.2. The second kappa shape index (κ2) is 5.42. The maximum atomic E-state index is 12.6. The van der Waals surface area contributed by atoms with Crippen LogP contribution in [-0.2, 0) is 10.0 Å². The third-order valence-electron chi connectivity index (χ3n) is 4.07. The molecule has 0 saturated carbocycles. The molecule has 0 amide bonds. The Kier molecular flexibility index (Phi) is 3.36. The van der Waals surface area contributed by atoms with Gasteiger partial charge < -0.3 is 5.10 Å². The molecule has 1 aliphatic heterocycles. The van der Waals surface area contributed by atoms with Crippen molar-refractivity contribution >= 4 is 10.0 Å². The monoisotopic (exact) mass is 346 g/mol. The van der Waals surface area contributed by atoms with E-state index in [9.17, 15) is 13.2 Å². The summed E-state index contributed by atoms with van der Waals surface area (Å²) in [5.74, 6) is 0.00754. The molecule has 9 nitrogen and oxygen atoms in total. The Morgan fingerprint density at radius 2 is 1.88 bits per heavy atom.